The summed E-state index contributed by atoms with van der Waals surface area (Å²) in [5.74, 6) is 0. The smallest absolute Gasteiger partial charge is 0.243 e. The Morgan fingerprint density at radius 3 is 1.84 bits per heavy atom. The van der Waals surface area contributed by atoms with Crippen molar-refractivity contribution < 1.29 is 21.6 Å². The predicted octanol–water partition coefficient (Wildman–Crippen LogP) is 1.51. The number of rotatable bonds is 6. The van der Waals surface area contributed by atoms with Crippen LogP contribution in [0.4, 0.5) is 0 Å². The van der Waals surface area contributed by atoms with Gasteiger partial charge in [-0.3, -0.25) is 0 Å². The highest BCUT2D eigenvalue weighted by Crippen LogP contribution is 2.23. The minimum absolute atomic E-state index is 0.0901. The lowest BCUT2D eigenvalue weighted by Crippen LogP contribution is -2.48. The molecule has 0 radical (unpaired) electrons. The molecule has 1 saturated heterocycles. The summed E-state index contributed by atoms with van der Waals surface area (Å²) < 4.78 is 58.9. The molecule has 0 unspecified atom stereocenters. The first-order valence-electron chi connectivity index (χ1n) is 8.38. The first kappa shape index (κ1) is 20.3. The minimum atomic E-state index is -3.68. The van der Waals surface area contributed by atoms with Crippen LogP contribution in [0, 0.1) is 0 Å². The van der Waals surface area contributed by atoms with Crippen molar-refractivity contribution in [2.75, 3.05) is 26.2 Å². The third-order valence-corrected chi connectivity index (χ3v) is 8.10. The van der Waals surface area contributed by atoms with Gasteiger partial charge in [-0.2, -0.15) is 8.61 Å². The van der Waals surface area contributed by atoms with E-state index in [-0.39, 0.29) is 35.1 Å². The first-order valence-corrected chi connectivity index (χ1v) is 11.3. The molecule has 142 valence electrons. The van der Waals surface area contributed by atoms with Gasteiger partial charge < -0.3 is 4.74 Å². The molecule has 0 spiro atoms. The number of morpholine rings is 1. The number of ether oxygens (including phenoxy) is 1. The van der Waals surface area contributed by atoms with Crippen molar-refractivity contribution in [2.45, 2.75) is 49.7 Å². The quantitative estimate of drug-likeness (QED) is 0.735. The summed E-state index contributed by atoms with van der Waals surface area (Å²) in [5, 5.41) is 0. The predicted molar refractivity (Wildman–Crippen MR) is 95.3 cm³/mol. The largest absolute Gasteiger partial charge is 0.373 e. The maximum atomic E-state index is 12.8. The normalized spacial score (nSPS) is 23.1. The van der Waals surface area contributed by atoms with Gasteiger partial charge in [0.2, 0.25) is 20.0 Å². The van der Waals surface area contributed by atoms with Crippen molar-refractivity contribution in [2.24, 2.45) is 0 Å². The van der Waals surface area contributed by atoms with Gasteiger partial charge in [-0.15, -0.1) is 0 Å². The van der Waals surface area contributed by atoms with E-state index < -0.39 is 20.0 Å². The van der Waals surface area contributed by atoms with Gasteiger partial charge in [0, 0.05) is 26.2 Å². The molecule has 1 heterocycles. The van der Waals surface area contributed by atoms with E-state index in [0.717, 1.165) is 0 Å². The summed E-state index contributed by atoms with van der Waals surface area (Å²) in [6.07, 6.45) is -0.360. The van der Waals surface area contributed by atoms with Gasteiger partial charge in [0.1, 0.15) is 0 Å². The molecule has 7 nitrogen and oxygen atoms in total. The van der Waals surface area contributed by atoms with E-state index >= 15 is 0 Å². The molecule has 1 aromatic rings. The molecule has 1 fully saturated rings. The Bertz CT molecular complexity index is 776. The van der Waals surface area contributed by atoms with Crippen LogP contribution in [0.1, 0.15) is 27.7 Å². The summed E-state index contributed by atoms with van der Waals surface area (Å²) in [4.78, 5) is 0.186. The van der Waals surface area contributed by atoms with Crippen molar-refractivity contribution in [1.29, 1.82) is 0 Å². The second-order valence-electron chi connectivity index (χ2n) is 6.14. The zero-order chi connectivity index (χ0) is 18.8. The van der Waals surface area contributed by atoms with E-state index in [1.54, 1.807) is 13.8 Å². The zero-order valence-electron chi connectivity index (χ0n) is 15.0. The lowest BCUT2D eigenvalue weighted by molar-refractivity contribution is -0.0440. The first-order chi connectivity index (χ1) is 11.6. The lowest BCUT2D eigenvalue weighted by atomic mass is 10.3. The van der Waals surface area contributed by atoms with E-state index in [2.05, 4.69) is 0 Å². The molecule has 0 aliphatic carbocycles. The monoisotopic (exact) mass is 390 g/mol. The van der Waals surface area contributed by atoms with Gasteiger partial charge in [0.05, 0.1) is 22.0 Å². The van der Waals surface area contributed by atoms with E-state index in [1.807, 2.05) is 13.8 Å². The number of hydrogen-bond acceptors (Lipinski definition) is 5. The fourth-order valence-corrected chi connectivity index (χ4v) is 6.02. The summed E-state index contributed by atoms with van der Waals surface area (Å²) in [6.45, 7) is 8.49. The summed E-state index contributed by atoms with van der Waals surface area (Å²) in [7, 11) is -7.28. The van der Waals surface area contributed by atoms with Gasteiger partial charge in [-0.05, 0) is 38.1 Å². The van der Waals surface area contributed by atoms with Crippen molar-refractivity contribution in [3.05, 3.63) is 24.3 Å². The van der Waals surface area contributed by atoms with Gasteiger partial charge >= 0.3 is 0 Å². The molecule has 0 saturated carbocycles. The molecule has 1 aliphatic rings. The van der Waals surface area contributed by atoms with Crippen molar-refractivity contribution in [3.63, 3.8) is 0 Å². The van der Waals surface area contributed by atoms with Crippen LogP contribution in [0.25, 0.3) is 0 Å². The molecular formula is C16H26N2O5S2. The molecular weight excluding hydrogens is 364 g/mol. The van der Waals surface area contributed by atoms with Crippen LogP contribution in [0.15, 0.2) is 34.1 Å². The van der Waals surface area contributed by atoms with Crippen LogP contribution >= 0.6 is 0 Å². The van der Waals surface area contributed by atoms with Crippen LogP contribution < -0.4 is 0 Å². The molecule has 0 N–H and O–H groups in total. The highest BCUT2D eigenvalue weighted by atomic mass is 32.2. The second-order valence-corrected chi connectivity index (χ2v) is 10.0. The van der Waals surface area contributed by atoms with Gasteiger partial charge in [0.25, 0.3) is 0 Å². The fraction of sp³-hybridized carbons (Fsp3) is 0.625. The van der Waals surface area contributed by atoms with Crippen LogP contribution in [0.3, 0.4) is 0 Å². The molecule has 0 bridgehead atoms. The van der Waals surface area contributed by atoms with E-state index in [4.69, 9.17) is 4.74 Å². The van der Waals surface area contributed by atoms with Crippen LogP contribution in [0.2, 0.25) is 0 Å². The van der Waals surface area contributed by atoms with Crippen LogP contribution in [-0.2, 0) is 24.8 Å². The number of nitrogens with zero attached hydrogens (tertiary/aromatic N) is 2. The van der Waals surface area contributed by atoms with Gasteiger partial charge in [-0.1, -0.05) is 13.8 Å². The zero-order valence-corrected chi connectivity index (χ0v) is 16.7. The Hall–Kier alpha value is -1.00. The van der Waals surface area contributed by atoms with E-state index in [0.29, 0.717) is 13.1 Å². The highest BCUT2D eigenvalue weighted by Gasteiger charge is 2.32. The van der Waals surface area contributed by atoms with Crippen molar-refractivity contribution in [1.82, 2.24) is 8.61 Å². The third kappa shape index (κ3) is 4.22. The summed E-state index contributed by atoms with van der Waals surface area (Å²) in [5.41, 5.74) is 0. The summed E-state index contributed by atoms with van der Waals surface area (Å²) in [6, 6.07) is 5.43. The molecule has 0 aromatic heterocycles. The Morgan fingerprint density at radius 1 is 0.960 bits per heavy atom. The Morgan fingerprint density at radius 2 is 1.40 bits per heavy atom. The second kappa shape index (κ2) is 7.71. The molecule has 9 heteroatoms. The van der Waals surface area contributed by atoms with Crippen molar-refractivity contribution in [3.8, 4) is 0 Å². The molecule has 25 heavy (non-hydrogen) atoms. The number of hydrogen-bond donors (Lipinski definition) is 0. The number of benzene rings is 1. The molecule has 2 rings (SSSR count). The van der Waals surface area contributed by atoms with E-state index in [9.17, 15) is 16.8 Å². The fourth-order valence-electron chi connectivity index (χ4n) is 2.97. The average molecular weight is 391 g/mol. The van der Waals surface area contributed by atoms with Crippen molar-refractivity contribution >= 4 is 20.0 Å². The van der Waals surface area contributed by atoms with Crippen LogP contribution in [0.5, 0.6) is 0 Å². The van der Waals surface area contributed by atoms with Crippen LogP contribution in [-0.4, -0.2) is 63.8 Å². The Balaban J connectivity index is 2.30. The number of sulfonamides is 2. The highest BCUT2D eigenvalue weighted by molar-refractivity contribution is 7.89. The topological polar surface area (TPSA) is 84.0 Å². The Kier molecular flexibility index (Phi) is 6.26. The molecule has 1 aliphatic heterocycles. The third-order valence-electron chi connectivity index (χ3n) is 4.19. The lowest BCUT2D eigenvalue weighted by Gasteiger charge is -2.34. The molecule has 0 amide bonds. The SMILES string of the molecule is CCN(CC)S(=O)(=O)c1ccc(S(=O)(=O)N2C[C@H](C)O[C@@H](C)C2)cc1. The maximum absolute atomic E-state index is 12.8. The van der Waals surface area contributed by atoms with Gasteiger partial charge in [0.15, 0.2) is 0 Å². The molecule has 1 aromatic carbocycles. The minimum Gasteiger partial charge on any atom is -0.373 e. The van der Waals surface area contributed by atoms with Gasteiger partial charge in [-0.25, -0.2) is 16.8 Å². The Labute approximate surface area is 150 Å². The maximum Gasteiger partial charge on any atom is 0.243 e. The standard InChI is InChI=1S/C16H26N2O5S2/c1-5-17(6-2)24(19,20)15-7-9-16(10-8-15)25(21,22)18-11-13(3)23-14(4)12-18/h7-10,13-14H,5-6,11-12H2,1-4H3/t13-,14-/m0/s1. The van der Waals surface area contributed by atoms with E-state index in [1.165, 1.54) is 32.9 Å². The average Bonchev–Trinajstić information content (AvgIpc) is 2.55. The summed E-state index contributed by atoms with van der Waals surface area (Å²) >= 11 is 0. The molecule has 2 atom stereocenters.